The number of allylic oxidation sites excluding steroid dienone is 1. The summed E-state index contributed by atoms with van der Waals surface area (Å²) in [6.45, 7) is 7.97. The summed E-state index contributed by atoms with van der Waals surface area (Å²) in [5.74, 6) is -0.0895. The molecule has 2 aromatic heterocycles. The van der Waals surface area contributed by atoms with E-state index in [1.807, 2.05) is 47.2 Å². The average molecular weight is 567 g/mol. The van der Waals surface area contributed by atoms with Crippen LogP contribution in [0, 0.1) is 5.82 Å². The Labute approximate surface area is 233 Å². The number of nitrogens with zero attached hydrogens (tertiary/aromatic N) is 3. The molecule has 11 heteroatoms. The smallest absolute Gasteiger partial charge is 0.341 e. The summed E-state index contributed by atoms with van der Waals surface area (Å²) < 4.78 is 26.2. The zero-order valence-electron chi connectivity index (χ0n) is 21.4. The van der Waals surface area contributed by atoms with Crippen LogP contribution in [0.1, 0.15) is 36.1 Å². The number of anilines is 1. The average Bonchev–Trinajstić information content (AvgIpc) is 3.54. The molecule has 4 rings (SSSR count). The number of carbonyl (C=O) groups excluding carboxylic acids is 2. The largest absolute Gasteiger partial charge is 0.483 e. The zero-order valence-corrected chi connectivity index (χ0v) is 23.1. The normalized spacial score (nSPS) is 11.6. The molecule has 0 aliphatic carbocycles. The highest BCUT2D eigenvalue weighted by Crippen LogP contribution is 2.36. The summed E-state index contributed by atoms with van der Waals surface area (Å²) in [7, 11) is 0. The fourth-order valence-electron chi connectivity index (χ4n) is 3.76. The number of rotatable bonds is 12. The number of carbonyl (C=O) groups is 2. The van der Waals surface area contributed by atoms with Crippen molar-refractivity contribution >= 4 is 40.0 Å². The molecule has 1 unspecified atom stereocenters. The first-order chi connectivity index (χ1) is 18.9. The topological polar surface area (TPSA) is 95.3 Å². The van der Waals surface area contributed by atoms with Gasteiger partial charge in [0.25, 0.3) is 0 Å². The van der Waals surface area contributed by atoms with Gasteiger partial charge < -0.3 is 14.8 Å². The summed E-state index contributed by atoms with van der Waals surface area (Å²) in [4.78, 5) is 25.7. The lowest BCUT2D eigenvalue weighted by Gasteiger charge is -2.15. The van der Waals surface area contributed by atoms with E-state index in [1.165, 1.54) is 35.2 Å². The zero-order chi connectivity index (χ0) is 27.8. The fourth-order valence-corrected chi connectivity index (χ4v) is 5.49. The second-order valence-electron chi connectivity index (χ2n) is 8.23. The first-order valence-electron chi connectivity index (χ1n) is 12.1. The highest BCUT2D eigenvalue weighted by molar-refractivity contribution is 7.99. The standard InChI is InChI=1S/C28H27FN4O4S2/c1-4-15-33-25(18(3)37-21-13-11-20(29)12-14-21)31-32-28(33)39-17-23(34)30-26-24(27(35)36-5-2)22(16-38-26)19-9-7-6-8-10-19/h4,6-14,16,18H,1,5,15,17H2,2-3H3,(H,30,34). The summed E-state index contributed by atoms with van der Waals surface area (Å²) in [5, 5.41) is 14.1. The molecule has 1 atom stereocenters. The summed E-state index contributed by atoms with van der Waals surface area (Å²) in [5.41, 5.74) is 1.89. The van der Waals surface area contributed by atoms with Gasteiger partial charge in [-0.1, -0.05) is 48.2 Å². The van der Waals surface area contributed by atoms with Gasteiger partial charge in [0.2, 0.25) is 5.91 Å². The van der Waals surface area contributed by atoms with Crippen molar-refractivity contribution in [2.45, 2.75) is 31.7 Å². The van der Waals surface area contributed by atoms with E-state index in [2.05, 4.69) is 22.1 Å². The van der Waals surface area contributed by atoms with Crippen molar-refractivity contribution < 1.29 is 23.5 Å². The third-order valence-corrected chi connectivity index (χ3v) is 7.35. The molecule has 2 heterocycles. The number of thioether (sulfide) groups is 1. The van der Waals surface area contributed by atoms with E-state index >= 15 is 0 Å². The van der Waals surface area contributed by atoms with Crippen LogP contribution >= 0.6 is 23.1 Å². The van der Waals surface area contributed by atoms with Gasteiger partial charge in [0, 0.05) is 17.5 Å². The van der Waals surface area contributed by atoms with Gasteiger partial charge in [0.05, 0.1) is 12.4 Å². The molecule has 8 nitrogen and oxygen atoms in total. The lowest BCUT2D eigenvalue weighted by Crippen LogP contribution is -2.17. The van der Waals surface area contributed by atoms with Crippen molar-refractivity contribution in [3.05, 3.63) is 89.8 Å². The number of nitrogens with one attached hydrogen (secondary N) is 1. The van der Waals surface area contributed by atoms with Gasteiger partial charge in [0.15, 0.2) is 17.1 Å². The Balaban J connectivity index is 1.47. The first kappa shape index (κ1) is 28.1. The number of hydrogen-bond donors (Lipinski definition) is 1. The second-order valence-corrected chi connectivity index (χ2v) is 10.1. The fraction of sp³-hybridized carbons (Fsp3) is 0.214. The molecule has 2 aromatic carbocycles. The van der Waals surface area contributed by atoms with Crippen molar-refractivity contribution in [1.29, 1.82) is 0 Å². The Morgan fingerprint density at radius 2 is 1.92 bits per heavy atom. The van der Waals surface area contributed by atoms with Crippen LogP contribution < -0.4 is 10.1 Å². The van der Waals surface area contributed by atoms with Gasteiger partial charge in [-0.05, 0) is 43.7 Å². The van der Waals surface area contributed by atoms with Crippen LogP contribution in [0.2, 0.25) is 0 Å². The minimum absolute atomic E-state index is 0.0311. The van der Waals surface area contributed by atoms with Gasteiger partial charge in [-0.2, -0.15) is 0 Å². The van der Waals surface area contributed by atoms with Gasteiger partial charge in [-0.15, -0.1) is 28.1 Å². The number of ether oxygens (including phenoxy) is 2. The van der Waals surface area contributed by atoms with Crippen LogP contribution in [0.5, 0.6) is 5.75 Å². The molecule has 4 aromatic rings. The summed E-state index contributed by atoms with van der Waals surface area (Å²) in [6, 6.07) is 15.2. The third kappa shape index (κ3) is 6.92. The second kappa shape index (κ2) is 13.2. The van der Waals surface area contributed by atoms with E-state index in [9.17, 15) is 14.0 Å². The summed E-state index contributed by atoms with van der Waals surface area (Å²) in [6.07, 6.45) is 1.21. The summed E-state index contributed by atoms with van der Waals surface area (Å²) >= 11 is 2.47. The minimum Gasteiger partial charge on any atom is -0.483 e. The van der Waals surface area contributed by atoms with Crippen LogP contribution in [0.4, 0.5) is 9.39 Å². The number of aromatic nitrogens is 3. The van der Waals surface area contributed by atoms with E-state index in [1.54, 1.807) is 25.1 Å². The first-order valence-corrected chi connectivity index (χ1v) is 14.0. The maximum Gasteiger partial charge on any atom is 0.341 e. The number of esters is 1. The maximum atomic E-state index is 13.2. The number of hydrogen-bond acceptors (Lipinski definition) is 8. The van der Waals surface area contributed by atoms with Crippen LogP contribution in [0.15, 0.2) is 77.8 Å². The van der Waals surface area contributed by atoms with Crippen molar-refractivity contribution in [1.82, 2.24) is 14.8 Å². The van der Waals surface area contributed by atoms with E-state index in [0.717, 1.165) is 5.56 Å². The Bertz CT molecular complexity index is 1440. The number of benzene rings is 2. The Morgan fingerprint density at radius 3 is 2.62 bits per heavy atom. The Hall–Kier alpha value is -3.96. The van der Waals surface area contributed by atoms with Crippen LogP contribution in [-0.2, 0) is 16.1 Å². The van der Waals surface area contributed by atoms with E-state index in [0.29, 0.717) is 39.4 Å². The third-order valence-electron chi connectivity index (χ3n) is 5.49. The van der Waals surface area contributed by atoms with E-state index in [4.69, 9.17) is 9.47 Å². The molecular weight excluding hydrogens is 539 g/mol. The van der Waals surface area contributed by atoms with Crippen molar-refractivity contribution in [2.75, 3.05) is 17.7 Å². The molecule has 1 amide bonds. The molecule has 0 aliphatic rings. The molecule has 0 aliphatic heterocycles. The highest BCUT2D eigenvalue weighted by atomic mass is 32.2. The number of thiophene rings is 1. The molecule has 0 saturated carbocycles. The number of amides is 1. The molecule has 0 radical (unpaired) electrons. The minimum atomic E-state index is -0.494. The lowest BCUT2D eigenvalue weighted by atomic mass is 10.0. The van der Waals surface area contributed by atoms with E-state index in [-0.39, 0.29) is 24.1 Å². The molecule has 0 fully saturated rings. The van der Waals surface area contributed by atoms with Gasteiger partial charge >= 0.3 is 5.97 Å². The maximum absolute atomic E-state index is 13.2. The van der Waals surface area contributed by atoms with Crippen molar-refractivity contribution in [3.63, 3.8) is 0 Å². The van der Waals surface area contributed by atoms with Crippen LogP contribution in [0.25, 0.3) is 11.1 Å². The van der Waals surface area contributed by atoms with Crippen molar-refractivity contribution in [2.24, 2.45) is 0 Å². The van der Waals surface area contributed by atoms with Gasteiger partial charge in [-0.3, -0.25) is 9.36 Å². The molecule has 0 spiro atoms. The van der Waals surface area contributed by atoms with E-state index < -0.39 is 12.1 Å². The van der Waals surface area contributed by atoms with Crippen molar-refractivity contribution in [3.8, 4) is 16.9 Å². The predicted octanol–water partition coefficient (Wildman–Crippen LogP) is 6.38. The monoisotopic (exact) mass is 566 g/mol. The molecule has 0 bridgehead atoms. The Morgan fingerprint density at radius 1 is 1.18 bits per heavy atom. The molecular formula is C28H27FN4O4S2. The lowest BCUT2D eigenvalue weighted by molar-refractivity contribution is -0.113. The SMILES string of the molecule is C=CCn1c(SCC(=O)Nc2scc(-c3ccccc3)c2C(=O)OCC)nnc1C(C)Oc1ccc(F)cc1. The number of halogens is 1. The highest BCUT2D eigenvalue weighted by Gasteiger charge is 2.24. The van der Waals surface area contributed by atoms with Gasteiger partial charge in [0.1, 0.15) is 22.1 Å². The molecule has 0 saturated heterocycles. The van der Waals surface area contributed by atoms with Crippen LogP contribution in [-0.4, -0.2) is 39.0 Å². The van der Waals surface area contributed by atoms with Crippen LogP contribution in [0.3, 0.4) is 0 Å². The molecule has 39 heavy (non-hydrogen) atoms. The molecule has 1 N–H and O–H groups in total. The Kier molecular flexibility index (Phi) is 9.50. The predicted molar refractivity (Wildman–Crippen MR) is 151 cm³/mol. The van der Waals surface area contributed by atoms with Gasteiger partial charge in [-0.25, -0.2) is 9.18 Å². The quantitative estimate of drug-likeness (QED) is 0.121. The molecule has 202 valence electrons.